The van der Waals surface area contributed by atoms with Crippen LogP contribution in [0.3, 0.4) is 0 Å². The molecule has 0 aliphatic rings. The number of aliphatic hydroxyl groups excluding tert-OH is 1. The Morgan fingerprint density at radius 2 is 1.82 bits per heavy atom. The van der Waals surface area contributed by atoms with Gasteiger partial charge in [0.25, 0.3) is 0 Å². The minimum Gasteiger partial charge on any atom is -0.392 e. The van der Waals surface area contributed by atoms with Crippen molar-refractivity contribution in [3.63, 3.8) is 0 Å². The molecule has 17 heavy (non-hydrogen) atoms. The highest BCUT2D eigenvalue weighted by Crippen LogP contribution is 2.25. The summed E-state index contributed by atoms with van der Waals surface area (Å²) in [7, 11) is 0. The molecule has 2 N–H and O–H groups in total. The Kier molecular flexibility index (Phi) is 4.46. The van der Waals surface area contributed by atoms with Crippen molar-refractivity contribution in [3.05, 3.63) is 18.0 Å². The fourth-order valence-corrected chi connectivity index (χ4v) is 1.80. The zero-order valence-corrected chi connectivity index (χ0v) is 11.4. The molecule has 1 aromatic rings. The average Bonchev–Trinajstić information content (AvgIpc) is 2.27. The molecule has 96 valence electrons. The summed E-state index contributed by atoms with van der Waals surface area (Å²) in [5.74, 6) is 0.852. The van der Waals surface area contributed by atoms with Crippen molar-refractivity contribution in [2.45, 2.75) is 40.7 Å². The second kappa shape index (κ2) is 5.45. The first-order chi connectivity index (χ1) is 7.83. The molecule has 0 aromatic carbocycles. The third-order valence-corrected chi connectivity index (χ3v) is 2.92. The largest absolute Gasteiger partial charge is 0.392 e. The number of nitrogens with one attached hydrogen (secondary N) is 1. The molecule has 4 nitrogen and oxygen atoms in total. The maximum absolute atomic E-state index is 10.1. The second-order valence-corrected chi connectivity index (χ2v) is 5.62. The third-order valence-electron chi connectivity index (χ3n) is 2.92. The van der Waals surface area contributed by atoms with Gasteiger partial charge in [0, 0.05) is 24.4 Å². The van der Waals surface area contributed by atoms with Gasteiger partial charge in [-0.25, -0.2) is 9.97 Å². The summed E-state index contributed by atoms with van der Waals surface area (Å²) in [5, 5.41) is 13.3. The second-order valence-electron chi connectivity index (χ2n) is 5.62. The van der Waals surface area contributed by atoms with Gasteiger partial charge in [0.2, 0.25) is 5.95 Å². The number of hydrogen-bond acceptors (Lipinski definition) is 4. The van der Waals surface area contributed by atoms with Gasteiger partial charge in [-0.05, 0) is 18.4 Å². The van der Waals surface area contributed by atoms with Gasteiger partial charge in [0.15, 0.2) is 0 Å². The zero-order chi connectivity index (χ0) is 13.1. The molecule has 1 atom stereocenters. The summed E-state index contributed by atoms with van der Waals surface area (Å²) >= 11 is 0. The van der Waals surface area contributed by atoms with Crippen LogP contribution in [0.5, 0.6) is 0 Å². The quantitative estimate of drug-likeness (QED) is 0.824. The van der Waals surface area contributed by atoms with E-state index in [0.29, 0.717) is 12.5 Å². The Morgan fingerprint density at radius 1 is 1.29 bits per heavy atom. The van der Waals surface area contributed by atoms with Crippen LogP contribution in [0.1, 0.15) is 33.3 Å². The first-order valence-electron chi connectivity index (χ1n) is 6.03. The van der Waals surface area contributed by atoms with Crippen LogP contribution in [0.25, 0.3) is 0 Å². The molecular weight excluding hydrogens is 214 g/mol. The number of hydrogen-bond donors (Lipinski definition) is 2. The highest BCUT2D eigenvalue weighted by atomic mass is 16.3. The van der Waals surface area contributed by atoms with E-state index < -0.39 is 0 Å². The Hall–Kier alpha value is -1.16. The molecule has 0 radical (unpaired) electrons. The van der Waals surface area contributed by atoms with E-state index in [1.165, 1.54) is 0 Å². The van der Waals surface area contributed by atoms with Crippen molar-refractivity contribution in [2.24, 2.45) is 11.3 Å². The molecule has 1 heterocycles. The van der Waals surface area contributed by atoms with Gasteiger partial charge in [-0.15, -0.1) is 0 Å². The molecule has 1 rings (SSSR count). The first-order valence-corrected chi connectivity index (χ1v) is 6.03. The van der Waals surface area contributed by atoms with Crippen LogP contribution in [0.4, 0.5) is 5.95 Å². The number of aliphatic hydroxyl groups is 1. The SMILES string of the molecule is Cc1cnc(NCC(C)(C)C(O)C(C)C)nc1. The minimum absolute atomic E-state index is 0.206. The Balaban J connectivity index is 2.57. The van der Waals surface area contributed by atoms with Crippen LogP contribution >= 0.6 is 0 Å². The molecule has 1 aromatic heterocycles. The lowest BCUT2D eigenvalue weighted by Gasteiger charge is -2.33. The molecule has 0 saturated carbocycles. The molecule has 0 saturated heterocycles. The zero-order valence-electron chi connectivity index (χ0n) is 11.4. The summed E-state index contributed by atoms with van der Waals surface area (Å²) in [6.07, 6.45) is 3.21. The van der Waals surface area contributed by atoms with Crippen molar-refractivity contribution in [2.75, 3.05) is 11.9 Å². The number of anilines is 1. The summed E-state index contributed by atoms with van der Waals surface area (Å²) in [6.45, 7) is 10.7. The molecule has 0 fully saturated rings. The van der Waals surface area contributed by atoms with Gasteiger partial charge in [0.1, 0.15) is 0 Å². The van der Waals surface area contributed by atoms with E-state index in [2.05, 4.69) is 15.3 Å². The maximum Gasteiger partial charge on any atom is 0.222 e. The highest BCUT2D eigenvalue weighted by Gasteiger charge is 2.30. The van der Waals surface area contributed by atoms with E-state index in [-0.39, 0.29) is 17.4 Å². The summed E-state index contributed by atoms with van der Waals surface area (Å²) < 4.78 is 0. The van der Waals surface area contributed by atoms with Gasteiger partial charge >= 0.3 is 0 Å². The van der Waals surface area contributed by atoms with Gasteiger partial charge in [0.05, 0.1) is 6.10 Å². The van der Waals surface area contributed by atoms with Crippen molar-refractivity contribution in [1.29, 1.82) is 0 Å². The van der Waals surface area contributed by atoms with Crippen molar-refractivity contribution >= 4 is 5.95 Å². The number of nitrogens with zero attached hydrogens (tertiary/aromatic N) is 2. The number of rotatable bonds is 5. The molecule has 0 spiro atoms. The van der Waals surface area contributed by atoms with Crippen molar-refractivity contribution < 1.29 is 5.11 Å². The van der Waals surface area contributed by atoms with Crippen LogP contribution in [0.15, 0.2) is 12.4 Å². The fourth-order valence-electron chi connectivity index (χ4n) is 1.80. The lowest BCUT2D eigenvalue weighted by atomic mass is 9.81. The lowest BCUT2D eigenvalue weighted by molar-refractivity contribution is 0.0210. The van der Waals surface area contributed by atoms with Gasteiger partial charge < -0.3 is 10.4 Å². The smallest absolute Gasteiger partial charge is 0.222 e. The van der Waals surface area contributed by atoms with E-state index in [1.54, 1.807) is 12.4 Å². The minimum atomic E-state index is -0.347. The van der Waals surface area contributed by atoms with Crippen LogP contribution < -0.4 is 5.32 Å². The van der Waals surface area contributed by atoms with Crippen LogP contribution in [-0.2, 0) is 0 Å². The molecule has 0 aliphatic heterocycles. The maximum atomic E-state index is 10.1. The molecule has 0 aliphatic carbocycles. The van der Waals surface area contributed by atoms with E-state index >= 15 is 0 Å². The fraction of sp³-hybridized carbons (Fsp3) is 0.692. The van der Waals surface area contributed by atoms with E-state index in [1.807, 2.05) is 34.6 Å². The normalized spacial score (nSPS) is 13.8. The number of aromatic nitrogens is 2. The van der Waals surface area contributed by atoms with Crippen LogP contribution in [0.2, 0.25) is 0 Å². The van der Waals surface area contributed by atoms with E-state index in [4.69, 9.17) is 0 Å². The average molecular weight is 237 g/mol. The molecule has 1 unspecified atom stereocenters. The van der Waals surface area contributed by atoms with Crippen molar-refractivity contribution in [3.8, 4) is 0 Å². The van der Waals surface area contributed by atoms with Gasteiger partial charge in [-0.2, -0.15) is 0 Å². The Morgan fingerprint density at radius 3 is 2.29 bits per heavy atom. The van der Waals surface area contributed by atoms with Crippen LogP contribution in [0, 0.1) is 18.3 Å². The molecule has 0 bridgehead atoms. The van der Waals surface area contributed by atoms with Crippen molar-refractivity contribution in [1.82, 2.24) is 9.97 Å². The molecule has 4 heteroatoms. The number of aryl methyl sites for hydroxylation is 1. The summed E-state index contributed by atoms with van der Waals surface area (Å²) in [6, 6.07) is 0. The third kappa shape index (κ3) is 3.97. The van der Waals surface area contributed by atoms with E-state index in [0.717, 1.165) is 5.56 Å². The topological polar surface area (TPSA) is 58.0 Å². The predicted octanol–water partition coefficient (Wildman–Crippen LogP) is 2.24. The first kappa shape index (κ1) is 13.9. The van der Waals surface area contributed by atoms with Gasteiger partial charge in [-0.3, -0.25) is 0 Å². The standard InChI is InChI=1S/C13H23N3O/c1-9(2)11(17)13(4,5)8-16-12-14-6-10(3)7-15-12/h6-7,9,11,17H,8H2,1-5H3,(H,14,15,16). The summed E-state index contributed by atoms with van der Waals surface area (Å²) in [4.78, 5) is 8.36. The monoisotopic (exact) mass is 237 g/mol. The summed E-state index contributed by atoms with van der Waals surface area (Å²) in [5.41, 5.74) is 0.833. The molecule has 0 amide bonds. The predicted molar refractivity (Wildman–Crippen MR) is 69.9 cm³/mol. The molecular formula is C13H23N3O. The Bertz CT molecular complexity index is 346. The van der Waals surface area contributed by atoms with Gasteiger partial charge in [-0.1, -0.05) is 27.7 Å². The van der Waals surface area contributed by atoms with Crippen LogP contribution in [-0.4, -0.2) is 27.7 Å². The van der Waals surface area contributed by atoms with E-state index in [9.17, 15) is 5.11 Å². The Labute approximate surface area is 103 Å². The highest BCUT2D eigenvalue weighted by molar-refractivity contribution is 5.24. The lowest BCUT2D eigenvalue weighted by Crippen LogP contribution is -2.39.